The first-order chi connectivity index (χ1) is 20.3. The molecule has 2 saturated heterocycles. The summed E-state index contributed by atoms with van der Waals surface area (Å²) in [5.41, 5.74) is 2.38. The zero-order valence-electron chi connectivity index (χ0n) is 23.3. The Labute approximate surface area is 250 Å². The molecular formula is C31H38ClN3O7. The highest BCUT2D eigenvalue weighted by Crippen LogP contribution is 2.34. The zero-order valence-corrected chi connectivity index (χ0v) is 24.1. The van der Waals surface area contributed by atoms with Crippen LogP contribution in [0.25, 0.3) is 0 Å². The van der Waals surface area contributed by atoms with E-state index in [1.165, 1.54) is 0 Å². The molecule has 2 unspecified atom stereocenters. The third-order valence-electron chi connectivity index (χ3n) is 8.56. The Kier molecular flexibility index (Phi) is 10.0. The summed E-state index contributed by atoms with van der Waals surface area (Å²) in [4.78, 5) is 14.2. The summed E-state index contributed by atoms with van der Waals surface area (Å²) < 4.78 is 11.9. The van der Waals surface area contributed by atoms with E-state index in [9.17, 15) is 30.5 Å². The van der Waals surface area contributed by atoms with E-state index < -0.39 is 37.1 Å². The van der Waals surface area contributed by atoms with Gasteiger partial charge in [0.05, 0.1) is 19.2 Å². The second-order valence-electron chi connectivity index (χ2n) is 11.4. The summed E-state index contributed by atoms with van der Waals surface area (Å²) in [5.74, 6) is 0.744. The number of rotatable bonds is 9. The van der Waals surface area contributed by atoms with Gasteiger partial charge >= 0.3 is 0 Å². The molecule has 2 aliphatic heterocycles. The minimum atomic E-state index is -1.45. The molecule has 10 nitrogen and oxygen atoms in total. The number of halogens is 1. The lowest BCUT2D eigenvalue weighted by Crippen LogP contribution is -2.55. The van der Waals surface area contributed by atoms with Gasteiger partial charge in [0, 0.05) is 17.6 Å². The number of nitrogens with one attached hydrogen (secondary N) is 1. The van der Waals surface area contributed by atoms with Gasteiger partial charge in [-0.2, -0.15) is 5.26 Å². The Morgan fingerprint density at radius 2 is 1.88 bits per heavy atom. The number of nitrogens with zero attached hydrogens (tertiary/aromatic N) is 2. The molecule has 8 atom stereocenters. The largest absolute Gasteiger partial charge is 0.490 e. The van der Waals surface area contributed by atoms with E-state index in [1.807, 2.05) is 24.3 Å². The highest BCUT2D eigenvalue weighted by atomic mass is 35.5. The number of carbonyl (C=O) groups excluding carboxylic acids is 1. The highest BCUT2D eigenvalue weighted by Gasteiger charge is 2.44. The van der Waals surface area contributed by atoms with Gasteiger partial charge in [0.25, 0.3) is 0 Å². The van der Waals surface area contributed by atoms with E-state index in [1.54, 1.807) is 23.1 Å². The number of hydrogen-bond acceptors (Lipinski definition) is 9. The van der Waals surface area contributed by atoms with Crippen LogP contribution in [0.5, 0.6) is 5.75 Å². The summed E-state index contributed by atoms with van der Waals surface area (Å²) in [6.45, 7) is 0.405. The van der Waals surface area contributed by atoms with Gasteiger partial charge in [-0.1, -0.05) is 35.9 Å². The average molecular weight is 600 g/mol. The number of ether oxygens (including phenoxy) is 2. The van der Waals surface area contributed by atoms with Crippen molar-refractivity contribution in [1.82, 2.24) is 10.2 Å². The number of benzene rings is 2. The summed E-state index contributed by atoms with van der Waals surface area (Å²) in [7, 11) is 0. The van der Waals surface area contributed by atoms with Crippen LogP contribution >= 0.6 is 11.6 Å². The van der Waals surface area contributed by atoms with Crippen LogP contribution in [0, 0.1) is 11.3 Å². The molecule has 0 aromatic heterocycles. The molecule has 5 rings (SSSR count). The molecule has 1 aliphatic carbocycles. The molecule has 1 amide bonds. The second kappa shape index (κ2) is 13.7. The molecule has 11 heteroatoms. The van der Waals surface area contributed by atoms with Crippen molar-refractivity contribution in [2.24, 2.45) is 0 Å². The Morgan fingerprint density at radius 1 is 1.10 bits per heavy atom. The lowest BCUT2D eigenvalue weighted by molar-refractivity contribution is -0.231. The summed E-state index contributed by atoms with van der Waals surface area (Å²) in [6.07, 6.45) is -1.34. The predicted octanol–water partition coefficient (Wildman–Crippen LogP) is 1.85. The highest BCUT2D eigenvalue weighted by molar-refractivity contribution is 6.31. The molecule has 2 heterocycles. The molecule has 226 valence electrons. The normalized spacial score (nSPS) is 31.2. The summed E-state index contributed by atoms with van der Waals surface area (Å²) in [6, 6.07) is 15.1. The van der Waals surface area contributed by atoms with Crippen LogP contribution in [-0.4, -0.2) is 93.5 Å². The van der Waals surface area contributed by atoms with Crippen LogP contribution in [0.4, 0.5) is 0 Å². The van der Waals surface area contributed by atoms with Gasteiger partial charge < -0.3 is 40.1 Å². The van der Waals surface area contributed by atoms with E-state index in [-0.39, 0.29) is 30.6 Å². The van der Waals surface area contributed by atoms with Gasteiger partial charge in [-0.25, -0.2) is 0 Å². The Hall–Kier alpha value is -2.75. The van der Waals surface area contributed by atoms with Gasteiger partial charge in [-0.05, 0) is 73.4 Å². The fraction of sp³-hybridized carbons (Fsp3) is 0.548. The van der Waals surface area contributed by atoms with Crippen molar-refractivity contribution in [3.63, 3.8) is 0 Å². The van der Waals surface area contributed by atoms with E-state index >= 15 is 0 Å². The van der Waals surface area contributed by atoms with Crippen molar-refractivity contribution >= 4 is 17.5 Å². The van der Waals surface area contributed by atoms with E-state index in [0.29, 0.717) is 23.6 Å². The number of aliphatic hydroxyl groups excluding tert-OH is 4. The zero-order chi connectivity index (χ0) is 29.8. The number of hydrogen-bond donors (Lipinski definition) is 5. The first-order valence-electron chi connectivity index (χ1n) is 14.5. The Bertz CT molecular complexity index is 1270. The maximum absolute atomic E-state index is 12.5. The second-order valence-corrected chi connectivity index (χ2v) is 11.8. The van der Waals surface area contributed by atoms with E-state index in [4.69, 9.17) is 21.1 Å². The van der Waals surface area contributed by atoms with Crippen molar-refractivity contribution in [1.29, 1.82) is 5.26 Å². The maximum Gasteiger partial charge on any atom is 0.237 e. The van der Waals surface area contributed by atoms with Crippen molar-refractivity contribution in [3.8, 4) is 11.8 Å². The third-order valence-corrected chi connectivity index (χ3v) is 8.93. The van der Waals surface area contributed by atoms with E-state index in [0.717, 1.165) is 49.0 Å². The van der Waals surface area contributed by atoms with Crippen LogP contribution in [0.2, 0.25) is 5.02 Å². The van der Waals surface area contributed by atoms with Crippen molar-refractivity contribution in [2.45, 2.75) is 87.2 Å². The monoisotopic (exact) mass is 599 g/mol. The average Bonchev–Trinajstić information content (AvgIpc) is 3.67. The van der Waals surface area contributed by atoms with Crippen LogP contribution in [-0.2, 0) is 16.0 Å². The smallest absolute Gasteiger partial charge is 0.237 e. The Morgan fingerprint density at radius 3 is 2.62 bits per heavy atom. The molecule has 5 N–H and O–H groups in total. The first kappa shape index (κ1) is 30.7. The minimum absolute atomic E-state index is 0.0159. The SMILES string of the molecule is N#C[C@@H]1CCCN1C(=O)CNC1CCC(Oc2ccc(Cc3cc([C@@H]4O[C@H](CO)[C@@H](O)[C@H](O)[C@H]4O)ccc3Cl)cc2)C1. The fourth-order valence-corrected chi connectivity index (χ4v) is 6.33. The van der Waals surface area contributed by atoms with Crippen LogP contribution in [0.1, 0.15) is 54.9 Å². The third kappa shape index (κ3) is 6.90. The van der Waals surface area contributed by atoms with Crippen LogP contribution in [0.3, 0.4) is 0 Å². The van der Waals surface area contributed by atoms with Gasteiger partial charge in [0.15, 0.2) is 0 Å². The summed E-state index contributed by atoms with van der Waals surface area (Å²) in [5, 5.41) is 53.4. The minimum Gasteiger partial charge on any atom is -0.490 e. The number of carbonyl (C=O) groups is 1. The van der Waals surface area contributed by atoms with Crippen LogP contribution < -0.4 is 10.1 Å². The standard InChI is InChI=1S/C31H38ClN3O7/c32-25-10-5-19(31-30(40)29(39)28(38)26(17-36)42-31)13-20(25)12-18-3-7-23(8-4-18)41-24-9-6-21(14-24)34-16-27(37)35-11-1-2-22(35)15-33/h3-5,7-8,10,13,21-22,24,26,28-31,34,36,38-40H,1-2,6,9,11-12,14,16-17H2/t21?,22-,24?,26+,28+,29-,30+,31-/m0/s1. The molecule has 3 fully saturated rings. The lowest BCUT2D eigenvalue weighted by atomic mass is 9.90. The molecule has 0 bridgehead atoms. The molecule has 0 spiro atoms. The number of nitriles is 1. The topological polar surface area (TPSA) is 156 Å². The molecular weight excluding hydrogens is 562 g/mol. The van der Waals surface area contributed by atoms with Gasteiger partial charge in [-0.15, -0.1) is 0 Å². The van der Waals surface area contributed by atoms with Gasteiger partial charge in [0.2, 0.25) is 5.91 Å². The Balaban J connectivity index is 1.14. The fourth-order valence-electron chi connectivity index (χ4n) is 6.15. The molecule has 1 saturated carbocycles. The number of amides is 1. The van der Waals surface area contributed by atoms with Crippen molar-refractivity contribution < 1.29 is 34.7 Å². The lowest BCUT2D eigenvalue weighted by Gasteiger charge is -2.40. The van der Waals surface area contributed by atoms with E-state index in [2.05, 4.69) is 11.4 Å². The van der Waals surface area contributed by atoms with Crippen molar-refractivity contribution in [3.05, 3.63) is 64.2 Å². The molecule has 0 radical (unpaired) electrons. The van der Waals surface area contributed by atoms with Gasteiger partial charge in [0.1, 0.15) is 48.4 Å². The van der Waals surface area contributed by atoms with Crippen molar-refractivity contribution in [2.75, 3.05) is 19.7 Å². The van der Waals surface area contributed by atoms with Gasteiger partial charge in [-0.3, -0.25) is 4.79 Å². The van der Waals surface area contributed by atoms with Crippen LogP contribution in [0.15, 0.2) is 42.5 Å². The number of aliphatic hydroxyl groups is 4. The number of likely N-dealkylation sites (tertiary alicyclic amines) is 1. The first-order valence-corrected chi connectivity index (χ1v) is 14.9. The molecule has 2 aromatic rings. The maximum atomic E-state index is 12.5. The predicted molar refractivity (Wildman–Crippen MR) is 154 cm³/mol. The summed E-state index contributed by atoms with van der Waals surface area (Å²) >= 11 is 6.48. The molecule has 42 heavy (non-hydrogen) atoms. The molecule has 2 aromatic carbocycles. The quantitative estimate of drug-likeness (QED) is 0.290. The molecule has 3 aliphatic rings.